The molecule has 0 aromatic heterocycles. The van der Waals surface area contributed by atoms with Crippen LogP contribution in [0.25, 0.3) is 0 Å². The van der Waals surface area contributed by atoms with Gasteiger partial charge in [-0.2, -0.15) is 5.26 Å². The van der Waals surface area contributed by atoms with Gasteiger partial charge in [-0.05, 0) is 17.0 Å². The Morgan fingerprint density at radius 3 is 2.50 bits per heavy atom. The van der Waals surface area contributed by atoms with Gasteiger partial charge in [0, 0.05) is 19.0 Å². The van der Waals surface area contributed by atoms with Crippen LogP contribution in [0.5, 0.6) is 0 Å². The fourth-order valence-corrected chi connectivity index (χ4v) is 2.29. The lowest BCUT2D eigenvalue weighted by molar-refractivity contribution is 0.646. The molecule has 16 heavy (non-hydrogen) atoms. The SMILES string of the molecule is CC(C)c1ccc([C@@H]2CNC[C@H]2C#N)cc1. The van der Waals surface area contributed by atoms with E-state index in [2.05, 4.69) is 49.5 Å². The zero-order valence-electron chi connectivity index (χ0n) is 9.90. The Kier molecular flexibility index (Phi) is 3.26. The second-order valence-electron chi connectivity index (χ2n) is 4.82. The Bertz CT molecular complexity index is 386. The third kappa shape index (κ3) is 2.10. The fraction of sp³-hybridized carbons (Fsp3) is 0.500. The molecule has 0 radical (unpaired) electrons. The molecular weight excluding hydrogens is 196 g/mol. The molecule has 0 bridgehead atoms. The van der Waals surface area contributed by atoms with Gasteiger partial charge in [0.15, 0.2) is 0 Å². The quantitative estimate of drug-likeness (QED) is 0.821. The minimum absolute atomic E-state index is 0.130. The first-order valence-electron chi connectivity index (χ1n) is 5.92. The summed E-state index contributed by atoms with van der Waals surface area (Å²) in [6.45, 7) is 6.15. The smallest absolute Gasteiger partial charge is 0.0676 e. The van der Waals surface area contributed by atoms with Crippen LogP contribution in [0.1, 0.15) is 36.8 Å². The van der Waals surface area contributed by atoms with Gasteiger partial charge in [0.05, 0.1) is 12.0 Å². The molecule has 2 heteroatoms. The first kappa shape index (κ1) is 11.2. The predicted octanol–water partition coefficient (Wildman–Crippen LogP) is 2.64. The van der Waals surface area contributed by atoms with E-state index in [0.29, 0.717) is 11.8 Å². The number of nitrogens with one attached hydrogen (secondary N) is 1. The van der Waals surface area contributed by atoms with Crippen molar-refractivity contribution in [3.63, 3.8) is 0 Å². The lowest BCUT2D eigenvalue weighted by Crippen LogP contribution is -2.08. The van der Waals surface area contributed by atoms with E-state index >= 15 is 0 Å². The number of nitrogens with zero attached hydrogens (tertiary/aromatic N) is 1. The average Bonchev–Trinajstić information content (AvgIpc) is 2.77. The standard InChI is InChI=1S/C14H18N2/c1-10(2)11-3-5-12(6-4-11)14-9-16-8-13(14)7-15/h3-6,10,13-14,16H,8-9H2,1-2H3/t13-,14+/m1/s1. The van der Waals surface area contributed by atoms with Crippen molar-refractivity contribution in [1.29, 1.82) is 5.26 Å². The molecule has 0 saturated carbocycles. The maximum atomic E-state index is 9.05. The van der Waals surface area contributed by atoms with Gasteiger partial charge in [0.25, 0.3) is 0 Å². The van der Waals surface area contributed by atoms with Gasteiger partial charge in [-0.15, -0.1) is 0 Å². The molecule has 1 fully saturated rings. The van der Waals surface area contributed by atoms with Gasteiger partial charge in [-0.3, -0.25) is 0 Å². The van der Waals surface area contributed by atoms with E-state index in [-0.39, 0.29) is 5.92 Å². The monoisotopic (exact) mass is 214 g/mol. The molecule has 1 N–H and O–H groups in total. The summed E-state index contributed by atoms with van der Waals surface area (Å²) in [4.78, 5) is 0. The van der Waals surface area contributed by atoms with Crippen LogP contribution < -0.4 is 5.32 Å². The molecule has 2 rings (SSSR count). The molecule has 84 valence electrons. The zero-order valence-corrected chi connectivity index (χ0v) is 9.90. The van der Waals surface area contributed by atoms with Gasteiger partial charge in [-0.25, -0.2) is 0 Å². The molecule has 1 aromatic rings. The van der Waals surface area contributed by atoms with E-state index in [9.17, 15) is 0 Å². The third-order valence-corrected chi connectivity index (χ3v) is 3.41. The molecule has 1 aromatic carbocycles. The summed E-state index contributed by atoms with van der Waals surface area (Å²) in [7, 11) is 0. The first-order valence-corrected chi connectivity index (χ1v) is 5.92. The molecule has 2 atom stereocenters. The summed E-state index contributed by atoms with van der Waals surface area (Å²) >= 11 is 0. The average molecular weight is 214 g/mol. The van der Waals surface area contributed by atoms with Crippen molar-refractivity contribution in [2.75, 3.05) is 13.1 Å². The highest BCUT2D eigenvalue weighted by Crippen LogP contribution is 2.28. The summed E-state index contributed by atoms with van der Waals surface area (Å²) in [5.74, 6) is 1.07. The van der Waals surface area contributed by atoms with Crippen molar-refractivity contribution in [3.8, 4) is 6.07 Å². The zero-order chi connectivity index (χ0) is 11.5. The molecule has 0 spiro atoms. The molecular formula is C14H18N2. The summed E-state index contributed by atoms with van der Waals surface area (Å²) in [6.07, 6.45) is 0. The Hall–Kier alpha value is -1.33. The second-order valence-corrected chi connectivity index (χ2v) is 4.82. The Morgan fingerprint density at radius 2 is 1.94 bits per heavy atom. The molecule has 1 saturated heterocycles. The van der Waals surface area contributed by atoms with E-state index in [4.69, 9.17) is 5.26 Å². The first-order chi connectivity index (χ1) is 7.72. The molecule has 0 unspecified atom stereocenters. The number of hydrogen-bond donors (Lipinski definition) is 1. The van der Waals surface area contributed by atoms with Crippen molar-refractivity contribution >= 4 is 0 Å². The van der Waals surface area contributed by atoms with Crippen LogP contribution in [-0.4, -0.2) is 13.1 Å². The molecule has 0 amide bonds. The Labute approximate surface area is 97.3 Å². The van der Waals surface area contributed by atoms with E-state index in [0.717, 1.165) is 13.1 Å². The van der Waals surface area contributed by atoms with Crippen molar-refractivity contribution < 1.29 is 0 Å². The van der Waals surface area contributed by atoms with Crippen LogP contribution in [0.3, 0.4) is 0 Å². The maximum Gasteiger partial charge on any atom is 0.0676 e. The van der Waals surface area contributed by atoms with Gasteiger partial charge in [0.2, 0.25) is 0 Å². The highest BCUT2D eigenvalue weighted by molar-refractivity contribution is 5.29. The molecule has 1 heterocycles. The van der Waals surface area contributed by atoms with E-state index in [1.54, 1.807) is 0 Å². The van der Waals surface area contributed by atoms with Crippen molar-refractivity contribution in [3.05, 3.63) is 35.4 Å². The van der Waals surface area contributed by atoms with Crippen molar-refractivity contribution in [2.24, 2.45) is 5.92 Å². The number of rotatable bonds is 2. The summed E-state index contributed by atoms with van der Waals surface area (Å²) in [5.41, 5.74) is 2.66. The fourth-order valence-electron chi connectivity index (χ4n) is 2.29. The van der Waals surface area contributed by atoms with Crippen molar-refractivity contribution in [1.82, 2.24) is 5.32 Å². The summed E-state index contributed by atoms with van der Waals surface area (Å²) < 4.78 is 0. The lowest BCUT2D eigenvalue weighted by atomic mass is 9.88. The largest absolute Gasteiger partial charge is 0.315 e. The van der Waals surface area contributed by atoms with Gasteiger partial charge < -0.3 is 5.32 Å². The molecule has 0 aliphatic carbocycles. The highest BCUT2D eigenvalue weighted by Gasteiger charge is 2.27. The molecule has 1 aliphatic rings. The summed E-state index contributed by atoms with van der Waals surface area (Å²) in [6, 6.07) is 11.1. The van der Waals surface area contributed by atoms with E-state index < -0.39 is 0 Å². The Balaban J connectivity index is 2.19. The minimum atomic E-state index is 0.130. The normalized spacial score (nSPS) is 24.6. The Morgan fingerprint density at radius 1 is 1.25 bits per heavy atom. The topological polar surface area (TPSA) is 35.8 Å². The van der Waals surface area contributed by atoms with Gasteiger partial charge >= 0.3 is 0 Å². The van der Waals surface area contributed by atoms with Crippen LogP contribution in [0.15, 0.2) is 24.3 Å². The number of benzene rings is 1. The number of nitriles is 1. The van der Waals surface area contributed by atoms with E-state index in [1.807, 2.05) is 0 Å². The van der Waals surface area contributed by atoms with E-state index in [1.165, 1.54) is 11.1 Å². The molecule has 2 nitrogen and oxygen atoms in total. The highest BCUT2D eigenvalue weighted by atomic mass is 14.9. The van der Waals surface area contributed by atoms with Gasteiger partial charge in [0.1, 0.15) is 0 Å². The van der Waals surface area contributed by atoms with Crippen LogP contribution in [0.2, 0.25) is 0 Å². The minimum Gasteiger partial charge on any atom is -0.315 e. The third-order valence-electron chi connectivity index (χ3n) is 3.41. The van der Waals surface area contributed by atoms with Crippen molar-refractivity contribution in [2.45, 2.75) is 25.7 Å². The number of hydrogen-bond acceptors (Lipinski definition) is 2. The molecule has 1 aliphatic heterocycles. The van der Waals surface area contributed by atoms with Crippen LogP contribution >= 0.6 is 0 Å². The summed E-state index contributed by atoms with van der Waals surface area (Å²) in [5, 5.41) is 12.3. The maximum absolute atomic E-state index is 9.05. The van der Waals surface area contributed by atoms with Gasteiger partial charge in [-0.1, -0.05) is 38.1 Å². The van der Waals surface area contributed by atoms with Crippen LogP contribution in [-0.2, 0) is 0 Å². The predicted molar refractivity (Wildman–Crippen MR) is 65.2 cm³/mol. The van der Waals surface area contributed by atoms with Crippen LogP contribution in [0.4, 0.5) is 0 Å². The second kappa shape index (κ2) is 4.67. The lowest BCUT2D eigenvalue weighted by Gasteiger charge is -2.14. The van der Waals surface area contributed by atoms with Crippen LogP contribution in [0, 0.1) is 17.2 Å².